The van der Waals surface area contributed by atoms with Crippen LogP contribution >= 0.6 is 15.9 Å². The van der Waals surface area contributed by atoms with Crippen LogP contribution in [0.1, 0.15) is 12.5 Å². The lowest BCUT2D eigenvalue weighted by molar-refractivity contribution is 0.174. The summed E-state index contributed by atoms with van der Waals surface area (Å²) in [5.74, 6) is 2.46. The Morgan fingerprint density at radius 3 is 2.57 bits per heavy atom. The third-order valence-electron chi connectivity index (χ3n) is 3.19. The van der Waals surface area contributed by atoms with Crippen molar-refractivity contribution in [2.24, 2.45) is 0 Å². The largest absolute Gasteiger partial charge is 0.494 e. The van der Waals surface area contributed by atoms with Crippen LogP contribution in [0, 0.1) is 0 Å². The molecular formula is C16H16BrNO3. The fourth-order valence-corrected chi connectivity index (χ4v) is 2.59. The van der Waals surface area contributed by atoms with E-state index in [-0.39, 0.29) is 6.79 Å². The van der Waals surface area contributed by atoms with Crippen LogP contribution in [0.15, 0.2) is 40.9 Å². The molecule has 0 saturated heterocycles. The SMILES string of the molecule is CCOc1ccc(NCc2cc3c(cc2Br)OCO3)cc1. The number of rotatable bonds is 5. The second-order valence-electron chi connectivity index (χ2n) is 4.61. The molecule has 0 saturated carbocycles. The third kappa shape index (κ3) is 3.24. The lowest BCUT2D eigenvalue weighted by Crippen LogP contribution is -2.00. The van der Waals surface area contributed by atoms with Gasteiger partial charge in [0.05, 0.1) is 6.61 Å². The van der Waals surface area contributed by atoms with Gasteiger partial charge in [-0.05, 0) is 48.9 Å². The van der Waals surface area contributed by atoms with E-state index in [0.29, 0.717) is 13.2 Å². The molecule has 2 aromatic carbocycles. The minimum Gasteiger partial charge on any atom is -0.494 e. The highest BCUT2D eigenvalue weighted by Gasteiger charge is 2.16. The molecule has 1 aliphatic heterocycles. The predicted octanol–water partition coefficient (Wildman–Crippen LogP) is 4.19. The molecule has 1 heterocycles. The minimum atomic E-state index is 0.289. The van der Waals surface area contributed by atoms with Crippen molar-refractivity contribution in [3.05, 3.63) is 46.4 Å². The van der Waals surface area contributed by atoms with E-state index in [2.05, 4.69) is 21.2 Å². The Labute approximate surface area is 132 Å². The van der Waals surface area contributed by atoms with E-state index in [9.17, 15) is 0 Å². The maximum atomic E-state index is 5.43. The average molecular weight is 350 g/mol. The van der Waals surface area contributed by atoms with Gasteiger partial charge in [-0.3, -0.25) is 0 Å². The van der Waals surface area contributed by atoms with E-state index in [1.54, 1.807) is 0 Å². The number of hydrogen-bond donors (Lipinski definition) is 1. The summed E-state index contributed by atoms with van der Waals surface area (Å²) in [5.41, 5.74) is 2.16. The molecule has 1 N–H and O–H groups in total. The van der Waals surface area contributed by atoms with E-state index >= 15 is 0 Å². The molecule has 0 unspecified atom stereocenters. The third-order valence-corrected chi connectivity index (χ3v) is 3.93. The molecule has 3 rings (SSSR count). The highest BCUT2D eigenvalue weighted by Crippen LogP contribution is 2.37. The summed E-state index contributed by atoms with van der Waals surface area (Å²) in [4.78, 5) is 0. The van der Waals surface area contributed by atoms with Crippen LogP contribution in [0.5, 0.6) is 17.2 Å². The van der Waals surface area contributed by atoms with Gasteiger partial charge < -0.3 is 19.5 Å². The average Bonchev–Trinajstić information content (AvgIpc) is 2.93. The topological polar surface area (TPSA) is 39.7 Å². The van der Waals surface area contributed by atoms with Crippen molar-refractivity contribution in [3.8, 4) is 17.2 Å². The summed E-state index contributed by atoms with van der Waals surface area (Å²) in [5, 5.41) is 3.38. The Balaban J connectivity index is 1.67. The number of ether oxygens (including phenoxy) is 3. The van der Waals surface area contributed by atoms with Crippen LogP contribution in [0.4, 0.5) is 5.69 Å². The van der Waals surface area contributed by atoms with Crippen LogP contribution in [-0.4, -0.2) is 13.4 Å². The van der Waals surface area contributed by atoms with E-state index in [1.807, 2.05) is 43.3 Å². The van der Waals surface area contributed by atoms with Gasteiger partial charge in [0, 0.05) is 16.7 Å². The van der Waals surface area contributed by atoms with Crippen LogP contribution in [0.2, 0.25) is 0 Å². The first-order chi connectivity index (χ1) is 10.3. The second kappa shape index (κ2) is 6.26. The monoisotopic (exact) mass is 349 g/mol. The zero-order chi connectivity index (χ0) is 14.7. The highest BCUT2D eigenvalue weighted by molar-refractivity contribution is 9.10. The summed E-state index contributed by atoms with van der Waals surface area (Å²) in [6, 6.07) is 11.9. The van der Waals surface area contributed by atoms with Gasteiger partial charge in [0.25, 0.3) is 0 Å². The fourth-order valence-electron chi connectivity index (χ4n) is 2.13. The Kier molecular flexibility index (Phi) is 4.20. The van der Waals surface area contributed by atoms with E-state index in [1.165, 1.54) is 0 Å². The molecule has 2 aromatic rings. The number of nitrogens with one attached hydrogen (secondary N) is 1. The first-order valence-corrected chi connectivity index (χ1v) is 7.60. The van der Waals surface area contributed by atoms with E-state index in [0.717, 1.165) is 33.0 Å². The number of benzene rings is 2. The van der Waals surface area contributed by atoms with Crippen LogP contribution in [-0.2, 0) is 6.54 Å². The summed E-state index contributed by atoms with van der Waals surface area (Å²) in [6.07, 6.45) is 0. The smallest absolute Gasteiger partial charge is 0.231 e. The van der Waals surface area contributed by atoms with E-state index < -0.39 is 0 Å². The predicted molar refractivity (Wildman–Crippen MR) is 85.2 cm³/mol. The molecule has 4 nitrogen and oxygen atoms in total. The summed E-state index contributed by atoms with van der Waals surface area (Å²) in [7, 11) is 0. The Bertz CT molecular complexity index is 628. The first-order valence-electron chi connectivity index (χ1n) is 6.81. The van der Waals surface area contributed by atoms with Crippen molar-refractivity contribution in [2.45, 2.75) is 13.5 Å². The van der Waals surface area contributed by atoms with Gasteiger partial charge in [0.15, 0.2) is 11.5 Å². The molecule has 0 bridgehead atoms. The molecule has 1 aliphatic rings. The lowest BCUT2D eigenvalue weighted by Gasteiger charge is -2.10. The first kappa shape index (κ1) is 14.1. The van der Waals surface area contributed by atoms with Gasteiger partial charge >= 0.3 is 0 Å². The van der Waals surface area contributed by atoms with Gasteiger partial charge in [0.1, 0.15) is 5.75 Å². The summed E-state index contributed by atoms with van der Waals surface area (Å²) >= 11 is 3.56. The van der Waals surface area contributed by atoms with Crippen LogP contribution in [0.3, 0.4) is 0 Å². The van der Waals surface area contributed by atoms with Crippen molar-refractivity contribution in [1.29, 1.82) is 0 Å². The molecule has 110 valence electrons. The van der Waals surface area contributed by atoms with Crippen molar-refractivity contribution in [2.75, 3.05) is 18.7 Å². The van der Waals surface area contributed by atoms with Gasteiger partial charge in [0.2, 0.25) is 6.79 Å². The quantitative estimate of drug-likeness (QED) is 0.878. The molecule has 21 heavy (non-hydrogen) atoms. The van der Waals surface area contributed by atoms with Crippen molar-refractivity contribution >= 4 is 21.6 Å². The Morgan fingerprint density at radius 2 is 1.86 bits per heavy atom. The zero-order valence-corrected chi connectivity index (χ0v) is 13.3. The second-order valence-corrected chi connectivity index (χ2v) is 5.46. The van der Waals surface area contributed by atoms with Gasteiger partial charge in [-0.2, -0.15) is 0 Å². The fraction of sp³-hybridized carbons (Fsp3) is 0.250. The van der Waals surface area contributed by atoms with Crippen LogP contribution < -0.4 is 19.5 Å². The molecule has 0 fully saturated rings. The highest BCUT2D eigenvalue weighted by atomic mass is 79.9. The summed E-state index contributed by atoms with van der Waals surface area (Å²) < 4.78 is 17.2. The molecule has 0 atom stereocenters. The van der Waals surface area contributed by atoms with Crippen molar-refractivity contribution in [3.63, 3.8) is 0 Å². The minimum absolute atomic E-state index is 0.289. The molecule has 0 aromatic heterocycles. The molecule has 5 heteroatoms. The number of hydrogen-bond acceptors (Lipinski definition) is 4. The molecule has 0 radical (unpaired) electrons. The molecule has 0 amide bonds. The zero-order valence-electron chi connectivity index (χ0n) is 11.7. The van der Waals surface area contributed by atoms with Crippen molar-refractivity contribution < 1.29 is 14.2 Å². The normalized spacial score (nSPS) is 12.3. The lowest BCUT2D eigenvalue weighted by atomic mass is 10.2. The standard InChI is InChI=1S/C16H16BrNO3/c1-2-19-13-5-3-12(4-6-13)18-9-11-7-15-16(8-14(11)17)21-10-20-15/h3-8,18H,2,9-10H2,1H3. The van der Waals surface area contributed by atoms with Crippen molar-refractivity contribution in [1.82, 2.24) is 0 Å². The van der Waals surface area contributed by atoms with Gasteiger partial charge in [-0.15, -0.1) is 0 Å². The van der Waals surface area contributed by atoms with Crippen LogP contribution in [0.25, 0.3) is 0 Å². The Hall–Kier alpha value is -1.88. The summed E-state index contributed by atoms with van der Waals surface area (Å²) in [6.45, 7) is 3.64. The maximum absolute atomic E-state index is 5.43. The maximum Gasteiger partial charge on any atom is 0.231 e. The number of anilines is 1. The molecular weight excluding hydrogens is 334 g/mol. The Morgan fingerprint density at radius 1 is 1.14 bits per heavy atom. The van der Waals surface area contributed by atoms with Gasteiger partial charge in [-0.25, -0.2) is 0 Å². The van der Waals surface area contributed by atoms with Gasteiger partial charge in [-0.1, -0.05) is 15.9 Å². The number of fused-ring (bicyclic) bond motifs is 1. The number of halogens is 1. The molecule has 0 aliphatic carbocycles. The van der Waals surface area contributed by atoms with E-state index in [4.69, 9.17) is 14.2 Å². The molecule has 0 spiro atoms.